The quantitative estimate of drug-likeness (QED) is 0.746. The second-order valence-corrected chi connectivity index (χ2v) is 3.65. The first-order chi connectivity index (χ1) is 6.40. The number of hydrogen-bond acceptors (Lipinski definition) is 3. The second kappa shape index (κ2) is 7.62. The standard InChI is InChI=1S/C9H19NO2.CH5N/c1-6-10(7-2)8(11)12-9(3,4)5;1-2/h6-7H2,1-5H3;2H2,1H3. The maximum absolute atomic E-state index is 11.3. The van der Waals surface area contributed by atoms with Gasteiger partial charge in [-0.25, -0.2) is 4.79 Å². The Hall–Kier alpha value is -0.770. The van der Waals surface area contributed by atoms with E-state index in [9.17, 15) is 4.79 Å². The number of hydrogen-bond donors (Lipinski definition) is 1. The van der Waals surface area contributed by atoms with Crippen LogP contribution in [0.1, 0.15) is 34.6 Å². The molecule has 0 saturated heterocycles. The second-order valence-electron chi connectivity index (χ2n) is 3.65. The monoisotopic (exact) mass is 204 g/mol. The van der Waals surface area contributed by atoms with Gasteiger partial charge in [-0.3, -0.25) is 0 Å². The zero-order valence-electron chi connectivity index (χ0n) is 10.3. The summed E-state index contributed by atoms with van der Waals surface area (Å²) in [4.78, 5) is 13.0. The Kier molecular flexibility index (Phi) is 8.54. The number of nitrogens with two attached hydrogens (primary N) is 1. The maximum atomic E-state index is 11.3. The van der Waals surface area contributed by atoms with Gasteiger partial charge in [0.1, 0.15) is 5.60 Å². The Morgan fingerprint density at radius 3 is 1.79 bits per heavy atom. The van der Waals surface area contributed by atoms with Crippen molar-refractivity contribution in [3.05, 3.63) is 0 Å². The molecule has 0 aliphatic rings. The molecule has 0 aromatic rings. The van der Waals surface area contributed by atoms with Gasteiger partial charge in [-0.05, 0) is 41.7 Å². The van der Waals surface area contributed by atoms with E-state index in [0.717, 1.165) is 0 Å². The molecule has 2 N–H and O–H groups in total. The van der Waals surface area contributed by atoms with Crippen molar-refractivity contribution in [2.45, 2.75) is 40.2 Å². The van der Waals surface area contributed by atoms with E-state index >= 15 is 0 Å². The van der Waals surface area contributed by atoms with Crippen molar-refractivity contribution < 1.29 is 9.53 Å². The molecule has 1 amide bonds. The van der Waals surface area contributed by atoms with Crippen LogP contribution in [0.2, 0.25) is 0 Å². The van der Waals surface area contributed by atoms with E-state index in [2.05, 4.69) is 5.73 Å². The van der Waals surface area contributed by atoms with Crippen molar-refractivity contribution in [3.63, 3.8) is 0 Å². The smallest absolute Gasteiger partial charge is 0.410 e. The van der Waals surface area contributed by atoms with E-state index in [4.69, 9.17) is 4.74 Å². The molecule has 0 fully saturated rings. The number of nitrogens with zero attached hydrogens (tertiary/aromatic N) is 1. The van der Waals surface area contributed by atoms with E-state index in [-0.39, 0.29) is 11.7 Å². The van der Waals surface area contributed by atoms with E-state index in [1.54, 1.807) is 4.90 Å². The summed E-state index contributed by atoms with van der Waals surface area (Å²) in [6.07, 6.45) is -0.229. The lowest BCUT2D eigenvalue weighted by Crippen LogP contribution is -2.36. The fourth-order valence-electron chi connectivity index (χ4n) is 0.808. The van der Waals surface area contributed by atoms with Crippen LogP contribution in [0.25, 0.3) is 0 Å². The number of carbonyl (C=O) groups is 1. The summed E-state index contributed by atoms with van der Waals surface area (Å²) in [5, 5.41) is 0. The highest BCUT2D eigenvalue weighted by molar-refractivity contribution is 5.67. The first kappa shape index (κ1) is 15.7. The number of rotatable bonds is 2. The summed E-state index contributed by atoms with van der Waals surface area (Å²) in [6, 6.07) is 0. The number of ether oxygens (including phenoxy) is 1. The molecule has 0 spiro atoms. The van der Waals surface area contributed by atoms with Gasteiger partial charge in [0.2, 0.25) is 0 Å². The van der Waals surface area contributed by atoms with Crippen molar-refractivity contribution in [1.82, 2.24) is 4.90 Å². The maximum Gasteiger partial charge on any atom is 0.410 e. The lowest BCUT2D eigenvalue weighted by Gasteiger charge is -2.25. The molecule has 0 heterocycles. The third-order valence-electron chi connectivity index (χ3n) is 1.42. The van der Waals surface area contributed by atoms with E-state index < -0.39 is 0 Å². The summed E-state index contributed by atoms with van der Waals surface area (Å²) < 4.78 is 5.17. The predicted octanol–water partition coefficient (Wildman–Crippen LogP) is 1.84. The Balaban J connectivity index is 0. The van der Waals surface area contributed by atoms with E-state index in [1.807, 2.05) is 34.6 Å². The topological polar surface area (TPSA) is 55.6 Å². The highest BCUT2D eigenvalue weighted by atomic mass is 16.6. The van der Waals surface area contributed by atoms with Gasteiger partial charge in [0.15, 0.2) is 0 Å². The Morgan fingerprint density at radius 2 is 1.57 bits per heavy atom. The fraction of sp³-hybridized carbons (Fsp3) is 0.900. The Morgan fingerprint density at radius 1 is 1.21 bits per heavy atom. The van der Waals surface area contributed by atoms with Crippen molar-refractivity contribution >= 4 is 6.09 Å². The molecular weight excluding hydrogens is 180 g/mol. The average Bonchev–Trinajstić information content (AvgIpc) is 2.07. The predicted molar refractivity (Wildman–Crippen MR) is 59.3 cm³/mol. The fourth-order valence-corrected chi connectivity index (χ4v) is 0.808. The van der Waals surface area contributed by atoms with Crippen LogP contribution in [-0.4, -0.2) is 36.7 Å². The molecule has 0 saturated carbocycles. The van der Waals surface area contributed by atoms with Gasteiger partial charge < -0.3 is 15.4 Å². The molecule has 4 heteroatoms. The third-order valence-corrected chi connectivity index (χ3v) is 1.42. The Labute approximate surface area is 87.4 Å². The number of amides is 1. The summed E-state index contributed by atoms with van der Waals surface area (Å²) in [5.74, 6) is 0. The van der Waals surface area contributed by atoms with Crippen LogP contribution >= 0.6 is 0 Å². The summed E-state index contributed by atoms with van der Waals surface area (Å²) >= 11 is 0. The van der Waals surface area contributed by atoms with Crippen LogP contribution in [0.15, 0.2) is 0 Å². The van der Waals surface area contributed by atoms with Gasteiger partial charge in [-0.15, -0.1) is 0 Å². The van der Waals surface area contributed by atoms with E-state index in [1.165, 1.54) is 7.05 Å². The normalized spacial score (nSPS) is 9.93. The highest BCUT2D eigenvalue weighted by Crippen LogP contribution is 2.09. The van der Waals surface area contributed by atoms with Gasteiger partial charge in [0.05, 0.1) is 0 Å². The van der Waals surface area contributed by atoms with Gasteiger partial charge >= 0.3 is 6.09 Å². The molecule has 14 heavy (non-hydrogen) atoms. The molecule has 0 unspecified atom stereocenters. The third kappa shape index (κ3) is 7.86. The lowest BCUT2D eigenvalue weighted by molar-refractivity contribution is 0.0270. The lowest BCUT2D eigenvalue weighted by atomic mass is 10.2. The minimum Gasteiger partial charge on any atom is -0.444 e. The van der Waals surface area contributed by atoms with Crippen LogP contribution in [0, 0.1) is 0 Å². The van der Waals surface area contributed by atoms with Crippen molar-refractivity contribution in [2.75, 3.05) is 20.1 Å². The first-order valence-electron chi connectivity index (χ1n) is 4.96. The average molecular weight is 204 g/mol. The van der Waals surface area contributed by atoms with Crippen LogP contribution in [0.5, 0.6) is 0 Å². The SMILES string of the molecule is CCN(CC)C(=O)OC(C)(C)C.CN. The Bertz CT molecular complexity index is 149. The molecule has 4 nitrogen and oxygen atoms in total. The van der Waals surface area contributed by atoms with Gasteiger partial charge in [0, 0.05) is 13.1 Å². The molecule has 0 bridgehead atoms. The van der Waals surface area contributed by atoms with Crippen molar-refractivity contribution in [1.29, 1.82) is 0 Å². The zero-order valence-corrected chi connectivity index (χ0v) is 10.3. The van der Waals surface area contributed by atoms with Crippen LogP contribution in [0.3, 0.4) is 0 Å². The van der Waals surface area contributed by atoms with Gasteiger partial charge in [0.25, 0.3) is 0 Å². The van der Waals surface area contributed by atoms with Crippen molar-refractivity contribution in [2.24, 2.45) is 5.73 Å². The molecular formula is C10H24N2O2. The summed E-state index contributed by atoms with van der Waals surface area (Å²) in [7, 11) is 1.50. The molecule has 0 aromatic heterocycles. The minimum atomic E-state index is -0.389. The molecule has 0 aromatic carbocycles. The summed E-state index contributed by atoms with van der Waals surface area (Å²) in [5.41, 5.74) is 4.11. The van der Waals surface area contributed by atoms with Gasteiger partial charge in [-0.2, -0.15) is 0 Å². The number of carbonyl (C=O) groups excluding carboxylic acids is 1. The molecule has 0 aliphatic carbocycles. The molecule has 0 radical (unpaired) electrons. The first-order valence-corrected chi connectivity index (χ1v) is 4.96. The van der Waals surface area contributed by atoms with Crippen LogP contribution in [-0.2, 0) is 4.74 Å². The minimum absolute atomic E-state index is 0.229. The highest BCUT2D eigenvalue weighted by Gasteiger charge is 2.19. The molecule has 86 valence electrons. The molecule has 0 atom stereocenters. The van der Waals surface area contributed by atoms with Crippen molar-refractivity contribution in [3.8, 4) is 0 Å². The molecule has 0 aliphatic heterocycles. The van der Waals surface area contributed by atoms with Gasteiger partial charge in [-0.1, -0.05) is 0 Å². The zero-order chi connectivity index (χ0) is 11.8. The van der Waals surface area contributed by atoms with Crippen LogP contribution < -0.4 is 5.73 Å². The molecule has 0 rings (SSSR count). The van der Waals surface area contributed by atoms with Crippen LogP contribution in [0.4, 0.5) is 4.79 Å². The van der Waals surface area contributed by atoms with E-state index in [0.29, 0.717) is 13.1 Å². The summed E-state index contributed by atoms with van der Waals surface area (Å²) in [6.45, 7) is 10.9. The largest absolute Gasteiger partial charge is 0.444 e.